The Balaban J connectivity index is 2.25. The number of nitrogens with two attached hydrogens (primary N) is 1. The maximum Gasteiger partial charge on any atom is 0.343 e. The van der Waals surface area contributed by atoms with Crippen LogP contribution in [0.1, 0.15) is 20.7 Å². The third-order valence-electron chi connectivity index (χ3n) is 2.59. The molecule has 4 heteroatoms. The lowest BCUT2D eigenvalue weighted by Crippen LogP contribution is -2.16. The van der Waals surface area contributed by atoms with E-state index in [1.54, 1.807) is 48.5 Å². The number of carbonyl (C=O) groups is 2. The summed E-state index contributed by atoms with van der Waals surface area (Å²) < 4.78 is 5.24. The van der Waals surface area contributed by atoms with Crippen molar-refractivity contribution in [1.29, 1.82) is 0 Å². The van der Waals surface area contributed by atoms with E-state index in [0.29, 0.717) is 11.1 Å². The van der Waals surface area contributed by atoms with Crippen LogP contribution in [0.5, 0.6) is 5.75 Å². The third-order valence-corrected chi connectivity index (χ3v) is 2.59. The fraction of sp³-hybridized carbons (Fsp3) is 0.0667. The molecule has 0 spiro atoms. The lowest BCUT2D eigenvalue weighted by Gasteiger charge is -2.08. The molecule has 4 nitrogen and oxygen atoms in total. The number of rotatable bonds is 4. The van der Waals surface area contributed by atoms with Gasteiger partial charge in [0.2, 0.25) is 0 Å². The van der Waals surface area contributed by atoms with Crippen molar-refractivity contribution in [1.82, 2.24) is 0 Å². The monoisotopic (exact) mass is 255 g/mol. The first-order valence-corrected chi connectivity index (χ1v) is 5.82. The molecule has 0 bridgehead atoms. The fourth-order valence-electron chi connectivity index (χ4n) is 1.63. The van der Waals surface area contributed by atoms with Crippen LogP contribution in [0.25, 0.3) is 0 Å². The highest BCUT2D eigenvalue weighted by atomic mass is 16.5. The van der Waals surface area contributed by atoms with E-state index in [2.05, 4.69) is 0 Å². The Morgan fingerprint density at radius 1 is 0.947 bits per heavy atom. The van der Waals surface area contributed by atoms with Crippen LogP contribution in [0.15, 0.2) is 54.6 Å². The van der Waals surface area contributed by atoms with Gasteiger partial charge in [0.25, 0.3) is 0 Å². The maximum atomic E-state index is 11.9. The van der Waals surface area contributed by atoms with Crippen LogP contribution in [0, 0.1) is 0 Å². The molecule has 0 aliphatic carbocycles. The second-order valence-corrected chi connectivity index (χ2v) is 3.88. The van der Waals surface area contributed by atoms with Crippen LogP contribution in [-0.2, 0) is 0 Å². The van der Waals surface area contributed by atoms with Crippen LogP contribution in [0.3, 0.4) is 0 Å². The van der Waals surface area contributed by atoms with Crippen molar-refractivity contribution in [2.75, 3.05) is 6.54 Å². The van der Waals surface area contributed by atoms with Crippen molar-refractivity contribution < 1.29 is 14.3 Å². The van der Waals surface area contributed by atoms with E-state index >= 15 is 0 Å². The van der Waals surface area contributed by atoms with Crippen molar-refractivity contribution in [3.8, 4) is 5.75 Å². The van der Waals surface area contributed by atoms with Crippen molar-refractivity contribution in [2.24, 2.45) is 5.73 Å². The summed E-state index contributed by atoms with van der Waals surface area (Å²) >= 11 is 0. The number of ketones is 1. The van der Waals surface area contributed by atoms with Crippen LogP contribution in [0.2, 0.25) is 0 Å². The van der Waals surface area contributed by atoms with Crippen LogP contribution < -0.4 is 10.5 Å². The van der Waals surface area contributed by atoms with E-state index in [9.17, 15) is 9.59 Å². The van der Waals surface area contributed by atoms with Gasteiger partial charge in [-0.2, -0.15) is 0 Å². The second-order valence-electron chi connectivity index (χ2n) is 3.88. The van der Waals surface area contributed by atoms with Gasteiger partial charge in [-0.05, 0) is 24.3 Å². The van der Waals surface area contributed by atoms with Crippen molar-refractivity contribution >= 4 is 11.8 Å². The molecule has 2 rings (SSSR count). The lowest BCUT2D eigenvalue weighted by atomic mass is 10.1. The zero-order valence-corrected chi connectivity index (χ0v) is 10.2. The molecule has 19 heavy (non-hydrogen) atoms. The Morgan fingerprint density at radius 2 is 1.58 bits per heavy atom. The SMILES string of the molecule is NCC(=O)c1ccccc1OC(=O)c1ccccc1. The molecule has 96 valence electrons. The summed E-state index contributed by atoms with van der Waals surface area (Å²) in [5.74, 6) is -0.541. The quantitative estimate of drug-likeness (QED) is 0.515. The Morgan fingerprint density at radius 3 is 2.26 bits per heavy atom. The molecular formula is C15H13NO3. The van der Waals surface area contributed by atoms with E-state index in [1.165, 1.54) is 0 Å². The highest BCUT2D eigenvalue weighted by molar-refractivity contribution is 6.01. The minimum atomic E-state index is -0.502. The molecule has 0 aliphatic heterocycles. The number of benzene rings is 2. The molecule has 0 amide bonds. The Labute approximate surface area is 110 Å². The van der Waals surface area contributed by atoms with E-state index in [4.69, 9.17) is 10.5 Å². The van der Waals surface area contributed by atoms with E-state index in [-0.39, 0.29) is 18.1 Å². The van der Waals surface area contributed by atoms with Gasteiger partial charge in [-0.25, -0.2) is 4.79 Å². The number of carbonyl (C=O) groups excluding carboxylic acids is 2. The molecule has 0 heterocycles. The van der Waals surface area contributed by atoms with E-state index in [1.807, 2.05) is 6.07 Å². The largest absolute Gasteiger partial charge is 0.422 e. The zero-order valence-electron chi connectivity index (χ0n) is 10.2. The van der Waals surface area contributed by atoms with Gasteiger partial charge in [0.1, 0.15) is 5.75 Å². The predicted molar refractivity (Wildman–Crippen MR) is 71.2 cm³/mol. The van der Waals surface area contributed by atoms with Crippen molar-refractivity contribution in [3.05, 3.63) is 65.7 Å². The van der Waals surface area contributed by atoms with Gasteiger partial charge in [-0.15, -0.1) is 0 Å². The normalized spacial score (nSPS) is 9.95. The summed E-state index contributed by atoms with van der Waals surface area (Å²) in [6.45, 7) is -0.125. The second kappa shape index (κ2) is 5.93. The number of para-hydroxylation sites is 1. The summed E-state index contributed by atoms with van der Waals surface area (Å²) in [7, 11) is 0. The Hall–Kier alpha value is -2.46. The Kier molecular flexibility index (Phi) is 4.05. The Bertz CT molecular complexity index is 593. The smallest absolute Gasteiger partial charge is 0.343 e. The molecular weight excluding hydrogens is 242 g/mol. The first-order valence-electron chi connectivity index (χ1n) is 5.82. The van der Waals surface area contributed by atoms with Gasteiger partial charge in [0, 0.05) is 0 Å². The topological polar surface area (TPSA) is 69.4 Å². The molecule has 0 atom stereocenters. The number of hydrogen-bond donors (Lipinski definition) is 1. The maximum absolute atomic E-state index is 11.9. The molecule has 0 aliphatic rings. The van der Waals surface area contributed by atoms with Crippen molar-refractivity contribution in [3.63, 3.8) is 0 Å². The average molecular weight is 255 g/mol. The molecule has 0 saturated carbocycles. The third kappa shape index (κ3) is 3.05. The molecule has 2 aromatic rings. The van der Waals surface area contributed by atoms with Gasteiger partial charge in [-0.1, -0.05) is 30.3 Å². The minimum Gasteiger partial charge on any atom is -0.422 e. The molecule has 0 fully saturated rings. The number of hydrogen-bond acceptors (Lipinski definition) is 4. The van der Waals surface area contributed by atoms with Crippen molar-refractivity contribution in [2.45, 2.75) is 0 Å². The fourth-order valence-corrected chi connectivity index (χ4v) is 1.63. The number of ether oxygens (including phenoxy) is 1. The molecule has 0 aromatic heterocycles. The summed E-state index contributed by atoms with van der Waals surface area (Å²) in [6, 6.07) is 15.1. The number of Topliss-reactive ketones (excluding diaryl/α,β-unsaturated/α-hetero) is 1. The van der Waals surface area contributed by atoms with Crippen LogP contribution in [-0.4, -0.2) is 18.3 Å². The first kappa shape index (κ1) is 13.0. The van der Waals surface area contributed by atoms with E-state index < -0.39 is 5.97 Å². The standard InChI is InChI=1S/C15H13NO3/c16-10-13(17)12-8-4-5-9-14(12)19-15(18)11-6-2-1-3-7-11/h1-9H,10,16H2. The van der Waals surface area contributed by atoms with Gasteiger partial charge >= 0.3 is 5.97 Å². The molecule has 0 unspecified atom stereocenters. The highest BCUT2D eigenvalue weighted by Gasteiger charge is 2.14. The lowest BCUT2D eigenvalue weighted by molar-refractivity contribution is 0.0732. The summed E-state index contributed by atoms with van der Waals surface area (Å²) in [5.41, 5.74) is 6.07. The van der Waals surface area contributed by atoms with Gasteiger partial charge in [0.15, 0.2) is 5.78 Å². The van der Waals surface area contributed by atoms with Gasteiger partial charge in [-0.3, -0.25) is 4.79 Å². The highest BCUT2D eigenvalue weighted by Crippen LogP contribution is 2.19. The number of esters is 1. The predicted octanol–water partition coefficient (Wildman–Crippen LogP) is 2.05. The van der Waals surface area contributed by atoms with E-state index in [0.717, 1.165) is 0 Å². The minimum absolute atomic E-state index is 0.125. The average Bonchev–Trinajstić information content (AvgIpc) is 2.48. The zero-order chi connectivity index (χ0) is 13.7. The molecule has 2 N–H and O–H groups in total. The van der Waals surface area contributed by atoms with Gasteiger partial charge < -0.3 is 10.5 Å². The van der Waals surface area contributed by atoms with Crippen LogP contribution in [0.4, 0.5) is 0 Å². The van der Waals surface area contributed by atoms with Gasteiger partial charge in [0.05, 0.1) is 17.7 Å². The summed E-state index contributed by atoms with van der Waals surface area (Å²) in [4.78, 5) is 23.5. The van der Waals surface area contributed by atoms with Crippen LogP contribution >= 0.6 is 0 Å². The molecule has 0 radical (unpaired) electrons. The molecule has 2 aromatic carbocycles. The first-order chi connectivity index (χ1) is 9.22. The summed E-state index contributed by atoms with van der Waals surface area (Å²) in [6.07, 6.45) is 0. The molecule has 0 saturated heterocycles. The summed E-state index contributed by atoms with van der Waals surface area (Å²) in [5, 5.41) is 0.